The molecule has 0 radical (unpaired) electrons. The van der Waals surface area contributed by atoms with Gasteiger partial charge in [-0.3, -0.25) is 9.59 Å². The number of rotatable bonds is 8. The Morgan fingerprint density at radius 3 is 2.45 bits per heavy atom. The minimum absolute atomic E-state index is 0.122. The second kappa shape index (κ2) is 10.8. The van der Waals surface area contributed by atoms with Gasteiger partial charge in [-0.25, -0.2) is 0 Å². The summed E-state index contributed by atoms with van der Waals surface area (Å²) in [6.45, 7) is 2.31. The highest BCUT2D eigenvalue weighted by atomic mass is 79.9. The lowest BCUT2D eigenvalue weighted by Crippen LogP contribution is -2.34. The predicted octanol–water partition coefficient (Wildman–Crippen LogP) is 4.77. The molecule has 0 aromatic heterocycles. The number of para-hydroxylation sites is 1. The summed E-state index contributed by atoms with van der Waals surface area (Å²) in [7, 11) is 1.65. The van der Waals surface area contributed by atoms with Gasteiger partial charge in [0.05, 0.1) is 11.3 Å². The van der Waals surface area contributed by atoms with Gasteiger partial charge in [0.1, 0.15) is 5.75 Å². The molecule has 0 bridgehead atoms. The summed E-state index contributed by atoms with van der Waals surface area (Å²) in [5.74, 6) is 0.194. The molecule has 3 aromatic rings. The molecule has 0 aliphatic rings. The van der Waals surface area contributed by atoms with Crippen LogP contribution in [0, 0.1) is 6.92 Å². The van der Waals surface area contributed by atoms with Crippen molar-refractivity contribution in [3.63, 3.8) is 0 Å². The van der Waals surface area contributed by atoms with Crippen LogP contribution in [-0.2, 0) is 11.2 Å². The summed E-state index contributed by atoms with van der Waals surface area (Å²) in [6.07, 6.45) is 0.740. The monoisotopic (exact) mass is 480 g/mol. The SMILES string of the molecule is Cc1cc(Br)ccc1OCC(=O)N(C)c1ccccc1C(=O)NCCc1ccccc1. The van der Waals surface area contributed by atoms with Crippen molar-refractivity contribution in [3.05, 3.63) is 94.0 Å². The molecule has 0 unspecified atom stereocenters. The average Bonchev–Trinajstić information content (AvgIpc) is 2.78. The van der Waals surface area contributed by atoms with Crippen molar-refractivity contribution in [2.45, 2.75) is 13.3 Å². The molecule has 0 aliphatic carbocycles. The Balaban J connectivity index is 1.62. The summed E-state index contributed by atoms with van der Waals surface area (Å²) >= 11 is 3.41. The molecule has 2 amide bonds. The van der Waals surface area contributed by atoms with Crippen LogP contribution in [0.25, 0.3) is 0 Å². The summed E-state index contributed by atoms with van der Waals surface area (Å²) in [5, 5.41) is 2.94. The fraction of sp³-hybridized carbons (Fsp3) is 0.200. The van der Waals surface area contributed by atoms with Crippen LogP contribution >= 0.6 is 15.9 Å². The van der Waals surface area contributed by atoms with E-state index in [9.17, 15) is 9.59 Å². The van der Waals surface area contributed by atoms with Gasteiger partial charge in [-0.05, 0) is 54.8 Å². The normalized spacial score (nSPS) is 10.4. The molecule has 0 spiro atoms. The average molecular weight is 481 g/mol. The Morgan fingerprint density at radius 2 is 1.71 bits per heavy atom. The lowest BCUT2D eigenvalue weighted by atomic mass is 10.1. The number of carbonyl (C=O) groups is 2. The Labute approximate surface area is 191 Å². The summed E-state index contributed by atoms with van der Waals surface area (Å²) < 4.78 is 6.65. The van der Waals surface area contributed by atoms with Gasteiger partial charge in [-0.1, -0.05) is 58.4 Å². The van der Waals surface area contributed by atoms with E-state index in [1.54, 1.807) is 31.3 Å². The van der Waals surface area contributed by atoms with Crippen LogP contribution in [0.15, 0.2) is 77.3 Å². The zero-order valence-corrected chi connectivity index (χ0v) is 19.2. The molecule has 3 rings (SSSR count). The molecule has 3 aromatic carbocycles. The van der Waals surface area contributed by atoms with Crippen LogP contribution in [-0.4, -0.2) is 32.0 Å². The first-order valence-corrected chi connectivity index (χ1v) is 10.8. The van der Waals surface area contributed by atoms with Gasteiger partial charge in [-0.15, -0.1) is 0 Å². The molecule has 0 heterocycles. The molecule has 6 heteroatoms. The number of anilines is 1. The molecule has 31 heavy (non-hydrogen) atoms. The highest BCUT2D eigenvalue weighted by Crippen LogP contribution is 2.23. The maximum absolute atomic E-state index is 12.8. The highest BCUT2D eigenvalue weighted by molar-refractivity contribution is 9.10. The third-order valence-electron chi connectivity index (χ3n) is 4.91. The third-order valence-corrected chi connectivity index (χ3v) is 5.41. The van der Waals surface area contributed by atoms with Gasteiger partial charge in [0.25, 0.3) is 11.8 Å². The van der Waals surface area contributed by atoms with Gasteiger partial charge in [0.15, 0.2) is 6.61 Å². The van der Waals surface area contributed by atoms with E-state index in [1.807, 2.05) is 55.5 Å². The van der Waals surface area contributed by atoms with Crippen molar-refractivity contribution in [1.82, 2.24) is 5.32 Å². The van der Waals surface area contributed by atoms with E-state index >= 15 is 0 Å². The number of halogens is 1. The van der Waals surface area contributed by atoms with Crippen LogP contribution in [0.3, 0.4) is 0 Å². The van der Waals surface area contributed by atoms with Crippen molar-refractivity contribution in [2.24, 2.45) is 0 Å². The molecular weight excluding hydrogens is 456 g/mol. The zero-order chi connectivity index (χ0) is 22.2. The highest BCUT2D eigenvalue weighted by Gasteiger charge is 2.19. The number of benzene rings is 3. The van der Waals surface area contributed by atoms with Crippen LogP contribution in [0.2, 0.25) is 0 Å². The minimum atomic E-state index is -0.244. The Bertz CT molecular complexity index is 1050. The van der Waals surface area contributed by atoms with Gasteiger partial charge in [0, 0.05) is 18.1 Å². The second-order valence-corrected chi connectivity index (χ2v) is 8.08. The molecule has 0 saturated heterocycles. The van der Waals surface area contributed by atoms with Crippen molar-refractivity contribution in [2.75, 3.05) is 25.1 Å². The maximum Gasteiger partial charge on any atom is 0.264 e. The third kappa shape index (κ3) is 6.18. The first kappa shape index (κ1) is 22.6. The maximum atomic E-state index is 12.8. The van der Waals surface area contributed by atoms with E-state index < -0.39 is 0 Å². The van der Waals surface area contributed by atoms with Gasteiger partial charge >= 0.3 is 0 Å². The van der Waals surface area contributed by atoms with E-state index in [-0.39, 0.29) is 18.4 Å². The van der Waals surface area contributed by atoms with Gasteiger partial charge < -0.3 is 15.0 Å². The Hall–Kier alpha value is -3.12. The second-order valence-electron chi connectivity index (χ2n) is 7.16. The van der Waals surface area contributed by atoms with Crippen LogP contribution in [0.4, 0.5) is 5.69 Å². The number of hydrogen-bond donors (Lipinski definition) is 1. The van der Waals surface area contributed by atoms with E-state index in [0.29, 0.717) is 23.5 Å². The number of carbonyl (C=O) groups excluding carboxylic acids is 2. The fourth-order valence-corrected chi connectivity index (χ4v) is 3.64. The van der Waals surface area contributed by atoms with E-state index in [2.05, 4.69) is 21.2 Å². The number of ether oxygens (including phenoxy) is 1. The molecule has 0 saturated carbocycles. The molecule has 160 valence electrons. The first-order chi connectivity index (χ1) is 15.0. The van der Waals surface area contributed by atoms with E-state index in [4.69, 9.17) is 4.74 Å². The predicted molar refractivity (Wildman–Crippen MR) is 127 cm³/mol. The van der Waals surface area contributed by atoms with Crippen molar-refractivity contribution in [1.29, 1.82) is 0 Å². The molecule has 5 nitrogen and oxygen atoms in total. The smallest absolute Gasteiger partial charge is 0.264 e. The lowest BCUT2D eigenvalue weighted by molar-refractivity contribution is -0.120. The van der Waals surface area contributed by atoms with E-state index in [1.165, 1.54) is 4.90 Å². The van der Waals surface area contributed by atoms with Crippen molar-refractivity contribution >= 4 is 33.4 Å². The zero-order valence-electron chi connectivity index (χ0n) is 17.6. The number of nitrogens with zero attached hydrogens (tertiary/aromatic N) is 1. The van der Waals surface area contributed by atoms with Gasteiger partial charge in [-0.2, -0.15) is 0 Å². The summed E-state index contributed by atoms with van der Waals surface area (Å²) in [5.41, 5.74) is 3.08. The number of aryl methyl sites for hydroxylation is 1. The quantitative estimate of drug-likeness (QED) is 0.504. The summed E-state index contributed by atoms with van der Waals surface area (Å²) in [6, 6.07) is 22.7. The Kier molecular flexibility index (Phi) is 7.84. The number of nitrogens with one attached hydrogen (secondary N) is 1. The fourth-order valence-electron chi connectivity index (χ4n) is 3.16. The number of hydrogen-bond acceptors (Lipinski definition) is 3. The lowest BCUT2D eigenvalue weighted by Gasteiger charge is -2.21. The molecule has 0 aliphatic heterocycles. The largest absolute Gasteiger partial charge is 0.483 e. The number of amides is 2. The minimum Gasteiger partial charge on any atom is -0.483 e. The van der Waals surface area contributed by atoms with Crippen LogP contribution < -0.4 is 15.0 Å². The molecule has 0 atom stereocenters. The summed E-state index contributed by atoms with van der Waals surface area (Å²) in [4.78, 5) is 26.9. The van der Waals surface area contributed by atoms with Crippen LogP contribution in [0.1, 0.15) is 21.5 Å². The van der Waals surface area contributed by atoms with Gasteiger partial charge in [0.2, 0.25) is 0 Å². The molecular formula is C25H25BrN2O3. The first-order valence-electron chi connectivity index (χ1n) is 10.0. The molecule has 1 N–H and O–H groups in total. The standard InChI is InChI=1S/C25H25BrN2O3/c1-18-16-20(26)12-13-23(18)31-17-24(29)28(2)22-11-7-6-10-21(22)25(30)27-15-14-19-8-4-3-5-9-19/h3-13,16H,14-15,17H2,1-2H3,(H,27,30). The topological polar surface area (TPSA) is 58.6 Å². The molecule has 0 fully saturated rings. The van der Waals surface area contributed by atoms with Crippen LogP contribution in [0.5, 0.6) is 5.75 Å². The number of likely N-dealkylation sites (N-methyl/N-ethyl adjacent to an activating group) is 1. The van der Waals surface area contributed by atoms with Crippen molar-refractivity contribution < 1.29 is 14.3 Å². The van der Waals surface area contributed by atoms with Crippen molar-refractivity contribution in [3.8, 4) is 5.75 Å². The Morgan fingerprint density at radius 1 is 1.00 bits per heavy atom. The van der Waals surface area contributed by atoms with E-state index in [0.717, 1.165) is 22.0 Å².